The highest BCUT2D eigenvalue weighted by molar-refractivity contribution is 6.30. The van der Waals surface area contributed by atoms with Gasteiger partial charge < -0.3 is 14.5 Å². The van der Waals surface area contributed by atoms with Crippen molar-refractivity contribution in [1.29, 1.82) is 0 Å². The van der Waals surface area contributed by atoms with E-state index in [9.17, 15) is 14.9 Å². The average Bonchev–Trinajstić information content (AvgIpc) is 2.72. The van der Waals surface area contributed by atoms with Crippen molar-refractivity contribution in [2.45, 2.75) is 19.8 Å². The van der Waals surface area contributed by atoms with Gasteiger partial charge in [0.2, 0.25) is 0 Å². The number of nitro benzene ring substituents is 1. The number of anilines is 1. The van der Waals surface area contributed by atoms with E-state index >= 15 is 0 Å². The van der Waals surface area contributed by atoms with E-state index in [1.54, 1.807) is 17.0 Å². The van der Waals surface area contributed by atoms with E-state index in [-0.39, 0.29) is 18.2 Å². The summed E-state index contributed by atoms with van der Waals surface area (Å²) in [5.74, 6) is 0.976. The maximum absolute atomic E-state index is 12.5. The number of carbonyl (C=O) groups is 1. The van der Waals surface area contributed by atoms with Gasteiger partial charge in [0.25, 0.3) is 11.6 Å². The minimum Gasteiger partial charge on any atom is -0.484 e. The van der Waals surface area contributed by atoms with Crippen molar-refractivity contribution in [1.82, 2.24) is 4.90 Å². The zero-order valence-corrected chi connectivity index (χ0v) is 17.3. The van der Waals surface area contributed by atoms with Crippen LogP contribution in [0.1, 0.15) is 25.3 Å². The molecule has 1 amide bonds. The molecule has 0 radical (unpaired) electrons. The van der Waals surface area contributed by atoms with Crippen LogP contribution in [0.3, 0.4) is 0 Å². The van der Waals surface area contributed by atoms with Crippen LogP contribution in [0.15, 0.2) is 42.5 Å². The van der Waals surface area contributed by atoms with Gasteiger partial charge in [0, 0.05) is 37.3 Å². The van der Waals surface area contributed by atoms with Crippen LogP contribution in [0.25, 0.3) is 0 Å². The summed E-state index contributed by atoms with van der Waals surface area (Å²) in [7, 11) is 0. The van der Waals surface area contributed by atoms with Crippen LogP contribution in [0.5, 0.6) is 5.75 Å². The second kappa shape index (κ2) is 9.13. The molecular weight excluding hydrogens is 394 g/mol. The van der Waals surface area contributed by atoms with Crippen LogP contribution >= 0.6 is 11.6 Å². The van der Waals surface area contributed by atoms with Gasteiger partial charge in [0.15, 0.2) is 6.61 Å². The van der Waals surface area contributed by atoms with Crippen LogP contribution in [0.4, 0.5) is 11.4 Å². The molecule has 0 N–H and O–H groups in total. The summed E-state index contributed by atoms with van der Waals surface area (Å²) in [6.07, 6.45) is 0. The van der Waals surface area contributed by atoms with E-state index in [0.29, 0.717) is 48.6 Å². The number of amides is 1. The SMILES string of the molecule is CC(C)c1cccc(OCC(=O)N2CCN(c3ccc(Cl)cc3[N+](=O)[O-])CC2)c1. The highest BCUT2D eigenvalue weighted by atomic mass is 35.5. The zero-order valence-electron chi connectivity index (χ0n) is 16.5. The van der Waals surface area contributed by atoms with E-state index in [1.165, 1.54) is 6.07 Å². The Hall–Kier alpha value is -2.80. The fraction of sp³-hybridized carbons (Fsp3) is 0.381. The van der Waals surface area contributed by atoms with Crippen molar-refractivity contribution in [3.05, 3.63) is 63.2 Å². The minimum atomic E-state index is -0.433. The highest BCUT2D eigenvalue weighted by Gasteiger charge is 2.26. The molecule has 3 rings (SSSR count). The quantitative estimate of drug-likeness (QED) is 0.522. The predicted octanol–water partition coefficient (Wildman–Crippen LogP) is 4.10. The van der Waals surface area contributed by atoms with Gasteiger partial charge >= 0.3 is 0 Å². The van der Waals surface area contributed by atoms with Gasteiger partial charge in [-0.15, -0.1) is 0 Å². The van der Waals surface area contributed by atoms with E-state index < -0.39 is 4.92 Å². The van der Waals surface area contributed by atoms with Crippen molar-refractivity contribution in [2.75, 3.05) is 37.7 Å². The molecule has 2 aromatic rings. The van der Waals surface area contributed by atoms with Crippen molar-refractivity contribution >= 4 is 28.9 Å². The van der Waals surface area contributed by atoms with Crippen molar-refractivity contribution in [3.63, 3.8) is 0 Å². The summed E-state index contributed by atoms with van der Waals surface area (Å²) >= 11 is 5.89. The van der Waals surface area contributed by atoms with E-state index in [0.717, 1.165) is 5.56 Å². The minimum absolute atomic E-state index is 0.0226. The third-order valence-electron chi connectivity index (χ3n) is 4.99. The van der Waals surface area contributed by atoms with Gasteiger partial charge in [0.1, 0.15) is 11.4 Å². The van der Waals surface area contributed by atoms with Crippen LogP contribution in [0, 0.1) is 10.1 Å². The summed E-state index contributed by atoms with van der Waals surface area (Å²) in [4.78, 5) is 27.0. The number of hydrogen-bond acceptors (Lipinski definition) is 5. The largest absolute Gasteiger partial charge is 0.484 e. The second-order valence-electron chi connectivity index (χ2n) is 7.27. The number of benzene rings is 2. The first-order chi connectivity index (χ1) is 13.8. The maximum Gasteiger partial charge on any atom is 0.294 e. The van der Waals surface area contributed by atoms with Crippen molar-refractivity contribution < 1.29 is 14.5 Å². The molecule has 154 valence electrons. The summed E-state index contributed by atoms with van der Waals surface area (Å²) in [5.41, 5.74) is 1.66. The summed E-state index contributed by atoms with van der Waals surface area (Å²) < 4.78 is 5.68. The van der Waals surface area contributed by atoms with Crippen LogP contribution < -0.4 is 9.64 Å². The fourth-order valence-corrected chi connectivity index (χ4v) is 3.47. The van der Waals surface area contributed by atoms with Gasteiger partial charge in [-0.05, 0) is 35.7 Å². The molecule has 29 heavy (non-hydrogen) atoms. The van der Waals surface area contributed by atoms with Crippen LogP contribution in [-0.2, 0) is 4.79 Å². The Morgan fingerprint density at radius 2 is 1.90 bits per heavy atom. The number of halogens is 1. The Balaban J connectivity index is 1.56. The maximum atomic E-state index is 12.5. The third kappa shape index (κ3) is 5.17. The summed E-state index contributed by atoms with van der Waals surface area (Å²) in [5, 5.41) is 11.6. The number of nitro groups is 1. The normalized spacial score (nSPS) is 14.2. The van der Waals surface area contributed by atoms with E-state index in [4.69, 9.17) is 16.3 Å². The molecule has 1 aliphatic rings. The summed E-state index contributed by atoms with van der Waals surface area (Å²) in [6.45, 7) is 6.17. The Morgan fingerprint density at radius 1 is 1.17 bits per heavy atom. The molecule has 8 heteroatoms. The third-order valence-corrected chi connectivity index (χ3v) is 5.23. The van der Waals surface area contributed by atoms with Gasteiger partial charge in [0.05, 0.1) is 4.92 Å². The van der Waals surface area contributed by atoms with Crippen LogP contribution in [0.2, 0.25) is 5.02 Å². The van der Waals surface area contributed by atoms with Crippen molar-refractivity contribution in [3.8, 4) is 5.75 Å². The second-order valence-corrected chi connectivity index (χ2v) is 7.71. The lowest BCUT2D eigenvalue weighted by molar-refractivity contribution is -0.384. The van der Waals surface area contributed by atoms with Gasteiger partial charge in [-0.2, -0.15) is 0 Å². The molecule has 0 bridgehead atoms. The molecule has 1 saturated heterocycles. The Kier molecular flexibility index (Phi) is 6.59. The first kappa shape index (κ1) is 20.9. The molecule has 1 aliphatic heterocycles. The molecule has 1 fully saturated rings. The first-order valence-electron chi connectivity index (χ1n) is 9.54. The zero-order chi connectivity index (χ0) is 21.0. The number of ether oxygens (including phenoxy) is 1. The number of hydrogen-bond donors (Lipinski definition) is 0. The van der Waals surface area contributed by atoms with Gasteiger partial charge in [-0.3, -0.25) is 14.9 Å². The van der Waals surface area contributed by atoms with Crippen molar-refractivity contribution in [2.24, 2.45) is 0 Å². The lowest BCUT2D eigenvalue weighted by atomic mass is 10.0. The van der Waals surface area contributed by atoms with Gasteiger partial charge in [-0.25, -0.2) is 0 Å². The standard InChI is InChI=1S/C21H24ClN3O4/c1-15(2)16-4-3-5-18(12-16)29-14-21(26)24-10-8-23(9-11-24)19-7-6-17(22)13-20(19)25(27)28/h3-7,12-13,15H,8-11,14H2,1-2H3. The number of piperazine rings is 1. The topological polar surface area (TPSA) is 75.9 Å². The Labute approximate surface area is 175 Å². The van der Waals surface area contributed by atoms with E-state index in [1.807, 2.05) is 29.2 Å². The molecule has 0 unspecified atom stereocenters. The molecule has 0 saturated carbocycles. The number of nitrogens with zero attached hydrogens (tertiary/aromatic N) is 3. The molecule has 0 spiro atoms. The monoisotopic (exact) mass is 417 g/mol. The molecule has 1 heterocycles. The predicted molar refractivity (Wildman–Crippen MR) is 113 cm³/mol. The Morgan fingerprint density at radius 3 is 2.55 bits per heavy atom. The highest BCUT2D eigenvalue weighted by Crippen LogP contribution is 2.31. The molecule has 0 aliphatic carbocycles. The van der Waals surface area contributed by atoms with Gasteiger partial charge in [-0.1, -0.05) is 37.6 Å². The van der Waals surface area contributed by atoms with E-state index in [2.05, 4.69) is 13.8 Å². The molecule has 7 nitrogen and oxygen atoms in total. The molecular formula is C21H24ClN3O4. The summed E-state index contributed by atoms with van der Waals surface area (Å²) in [6, 6.07) is 12.4. The Bertz CT molecular complexity index is 895. The lowest BCUT2D eigenvalue weighted by Crippen LogP contribution is -2.50. The number of rotatable bonds is 6. The average molecular weight is 418 g/mol. The smallest absolute Gasteiger partial charge is 0.294 e. The molecule has 2 aromatic carbocycles. The fourth-order valence-electron chi connectivity index (χ4n) is 3.31. The molecule has 0 aromatic heterocycles. The first-order valence-corrected chi connectivity index (χ1v) is 9.92. The lowest BCUT2D eigenvalue weighted by Gasteiger charge is -2.35. The van der Waals surface area contributed by atoms with Crippen LogP contribution in [-0.4, -0.2) is 48.5 Å². The molecule has 0 atom stereocenters. The number of carbonyl (C=O) groups excluding carboxylic acids is 1.